The molecule has 3 aromatic rings. The zero-order valence-corrected chi connectivity index (χ0v) is 19.5. The Kier molecular flexibility index (Phi) is 6.22. The van der Waals surface area contributed by atoms with Crippen LogP contribution in [-0.2, 0) is 22.4 Å². The van der Waals surface area contributed by atoms with Gasteiger partial charge in [-0.3, -0.25) is 4.98 Å². The van der Waals surface area contributed by atoms with E-state index in [2.05, 4.69) is 16.0 Å². The number of aromatic nitrogens is 2. The zero-order valence-electron chi connectivity index (χ0n) is 19.5. The van der Waals surface area contributed by atoms with Crippen molar-refractivity contribution in [1.29, 1.82) is 0 Å². The number of ether oxygens (including phenoxy) is 2. The monoisotopic (exact) mass is 447 g/mol. The lowest BCUT2D eigenvalue weighted by molar-refractivity contribution is 0.0223. The number of benzene rings is 1. The minimum absolute atomic E-state index is 0.295. The first kappa shape index (κ1) is 22.6. The van der Waals surface area contributed by atoms with E-state index in [1.54, 1.807) is 24.2 Å². The first-order valence-corrected chi connectivity index (χ1v) is 11.2. The number of carbonyl (C=O) groups excluding carboxylic acids is 2. The Morgan fingerprint density at radius 3 is 2.52 bits per heavy atom. The maximum Gasteiger partial charge on any atom is 0.410 e. The molecule has 0 saturated carbocycles. The maximum atomic E-state index is 12.7. The van der Waals surface area contributed by atoms with Gasteiger partial charge in [0.05, 0.1) is 17.9 Å². The smallest absolute Gasteiger partial charge is 0.410 e. The number of esters is 1. The van der Waals surface area contributed by atoms with E-state index < -0.39 is 5.60 Å². The molecule has 0 unspecified atom stereocenters. The molecular weight excluding hydrogens is 418 g/mol. The van der Waals surface area contributed by atoms with Gasteiger partial charge < -0.3 is 19.4 Å². The van der Waals surface area contributed by atoms with Gasteiger partial charge in [0.2, 0.25) is 0 Å². The number of aromatic amines is 1. The van der Waals surface area contributed by atoms with E-state index >= 15 is 0 Å². The van der Waals surface area contributed by atoms with Crippen LogP contribution in [0.15, 0.2) is 48.8 Å². The molecule has 1 aliphatic heterocycles. The van der Waals surface area contributed by atoms with Gasteiger partial charge in [0.15, 0.2) is 0 Å². The van der Waals surface area contributed by atoms with Crippen LogP contribution in [0.4, 0.5) is 4.79 Å². The van der Waals surface area contributed by atoms with Crippen LogP contribution in [0.5, 0.6) is 0 Å². The molecule has 0 radical (unpaired) electrons. The van der Waals surface area contributed by atoms with E-state index in [0.29, 0.717) is 31.0 Å². The summed E-state index contributed by atoms with van der Waals surface area (Å²) >= 11 is 0. The highest BCUT2D eigenvalue weighted by atomic mass is 16.6. The van der Waals surface area contributed by atoms with Gasteiger partial charge in [-0.2, -0.15) is 0 Å². The Morgan fingerprint density at radius 2 is 1.82 bits per heavy atom. The molecule has 0 fully saturated rings. The summed E-state index contributed by atoms with van der Waals surface area (Å²) in [6, 6.07) is 11.7. The topological polar surface area (TPSA) is 84.5 Å². The molecule has 0 aliphatic carbocycles. The number of hydrogen-bond acceptors (Lipinski definition) is 5. The Hall–Kier alpha value is -3.61. The van der Waals surface area contributed by atoms with Gasteiger partial charge in [-0.25, -0.2) is 9.59 Å². The summed E-state index contributed by atoms with van der Waals surface area (Å²) in [6.07, 6.45) is 3.87. The molecule has 0 atom stereocenters. The molecular formula is C26H29N3O4. The third-order valence-corrected chi connectivity index (χ3v) is 5.46. The van der Waals surface area contributed by atoms with Gasteiger partial charge in [0.25, 0.3) is 0 Å². The average molecular weight is 448 g/mol. The average Bonchev–Trinajstić information content (AvgIpc) is 3.24. The first-order valence-electron chi connectivity index (χ1n) is 11.2. The fourth-order valence-corrected chi connectivity index (χ4v) is 3.93. The second-order valence-electron chi connectivity index (χ2n) is 9.06. The van der Waals surface area contributed by atoms with Crippen LogP contribution < -0.4 is 0 Å². The Bertz CT molecular complexity index is 1160. The van der Waals surface area contributed by atoms with Crippen molar-refractivity contribution in [3.63, 3.8) is 0 Å². The SMILES string of the molecule is CCOC(=O)c1cc(-c2ccncc2)[nH]c1-c1ccc2c(c1)CN(C(=O)OC(C)(C)C)CC2. The summed E-state index contributed by atoms with van der Waals surface area (Å²) in [6.45, 7) is 8.76. The lowest BCUT2D eigenvalue weighted by Gasteiger charge is -2.31. The van der Waals surface area contributed by atoms with Gasteiger partial charge in [-0.15, -0.1) is 0 Å². The molecule has 3 heterocycles. The number of nitrogens with one attached hydrogen (secondary N) is 1. The standard InChI is InChI=1S/C26H29N3O4/c1-5-32-24(30)21-15-22(18-8-11-27-12-9-18)28-23(21)19-7-6-17-10-13-29(16-20(17)14-19)25(31)33-26(2,3)4/h6-9,11-12,14-15,28H,5,10,13,16H2,1-4H3. The third-order valence-electron chi connectivity index (χ3n) is 5.46. The summed E-state index contributed by atoms with van der Waals surface area (Å²) in [4.78, 5) is 34.5. The van der Waals surface area contributed by atoms with Crippen molar-refractivity contribution < 1.29 is 19.1 Å². The quantitative estimate of drug-likeness (QED) is 0.555. The number of fused-ring (bicyclic) bond motifs is 1. The van der Waals surface area contributed by atoms with E-state index in [4.69, 9.17) is 9.47 Å². The molecule has 2 aromatic heterocycles. The van der Waals surface area contributed by atoms with Crippen molar-refractivity contribution in [3.05, 3.63) is 65.5 Å². The molecule has 172 valence electrons. The normalized spacial score (nSPS) is 13.4. The Labute approximate surface area is 193 Å². The molecule has 7 nitrogen and oxygen atoms in total. The summed E-state index contributed by atoms with van der Waals surface area (Å²) in [5.74, 6) is -0.378. The number of nitrogens with zero attached hydrogens (tertiary/aromatic N) is 2. The fourth-order valence-electron chi connectivity index (χ4n) is 3.93. The predicted octanol–water partition coefficient (Wildman–Crippen LogP) is 5.21. The highest BCUT2D eigenvalue weighted by Gasteiger charge is 2.26. The summed E-state index contributed by atoms with van der Waals surface area (Å²) in [5, 5.41) is 0. The van der Waals surface area contributed by atoms with E-state index in [-0.39, 0.29) is 12.1 Å². The number of carbonyl (C=O) groups is 2. The van der Waals surface area contributed by atoms with Crippen molar-refractivity contribution in [3.8, 4) is 22.5 Å². The second-order valence-corrected chi connectivity index (χ2v) is 9.06. The van der Waals surface area contributed by atoms with Crippen molar-refractivity contribution in [1.82, 2.24) is 14.9 Å². The van der Waals surface area contributed by atoms with Crippen LogP contribution in [0.2, 0.25) is 0 Å². The molecule has 7 heteroatoms. The first-order chi connectivity index (χ1) is 15.7. The predicted molar refractivity (Wildman–Crippen MR) is 126 cm³/mol. The molecule has 1 aliphatic rings. The van der Waals surface area contributed by atoms with Crippen LogP contribution in [-0.4, -0.2) is 45.7 Å². The largest absolute Gasteiger partial charge is 0.462 e. The number of amides is 1. The van der Waals surface area contributed by atoms with Crippen LogP contribution in [0.3, 0.4) is 0 Å². The lowest BCUT2D eigenvalue weighted by Crippen LogP contribution is -2.39. The molecule has 1 aromatic carbocycles. The molecule has 0 bridgehead atoms. The molecule has 1 amide bonds. The van der Waals surface area contributed by atoms with Crippen LogP contribution in [0.25, 0.3) is 22.5 Å². The Balaban J connectivity index is 1.69. The highest BCUT2D eigenvalue weighted by molar-refractivity contribution is 5.98. The van der Waals surface area contributed by atoms with Gasteiger partial charge in [0, 0.05) is 36.7 Å². The van der Waals surface area contributed by atoms with Crippen molar-refractivity contribution in [2.24, 2.45) is 0 Å². The van der Waals surface area contributed by atoms with Crippen LogP contribution >= 0.6 is 0 Å². The third kappa shape index (κ3) is 5.08. The van der Waals surface area contributed by atoms with Gasteiger partial charge >= 0.3 is 12.1 Å². The van der Waals surface area contributed by atoms with Gasteiger partial charge in [-0.1, -0.05) is 12.1 Å². The molecule has 0 saturated heterocycles. The van der Waals surface area contributed by atoms with Crippen molar-refractivity contribution in [2.45, 2.75) is 46.3 Å². The lowest BCUT2D eigenvalue weighted by atomic mass is 9.95. The minimum atomic E-state index is -0.540. The fraction of sp³-hybridized carbons (Fsp3) is 0.346. The number of pyridine rings is 1. The van der Waals surface area contributed by atoms with E-state index in [0.717, 1.165) is 28.8 Å². The highest BCUT2D eigenvalue weighted by Crippen LogP contribution is 2.32. The Morgan fingerprint density at radius 1 is 1.06 bits per heavy atom. The second kappa shape index (κ2) is 9.10. The maximum absolute atomic E-state index is 12.7. The molecule has 1 N–H and O–H groups in total. The molecule has 33 heavy (non-hydrogen) atoms. The molecule has 4 rings (SSSR count). The van der Waals surface area contributed by atoms with Crippen molar-refractivity contribution >= 4 is 12.1 Å². The summed E-state index contributed by atoms with van der Waals surface area (Å²) < 4.78 is 10.9. The van der Waals surface area contributed by atoms with E-state index in [1.807, 2.05) is 51.1 Å². The van der Waals surface area contributed by atoms with E-state index in [1.165, 1.54) is 5.56 Å². The number of H-pyrrole nitrogens is 1. The van der Waals surface area contributed by atoms with Gasteiger partial charge in [0.1, 0.15) is 5.60 Å². The van der Waals surface area contributed by atoms with Crippen molar-refractivity contribution in [2.75, 3.05) is 13.2 Å². The number of hydrogen-bond donors (Lipinski definition) is 1. The summed E-state index contributed by atoms with van der Waals surface area (Å²) in [5.41, 5.74) is 5.46. The summed E-state index contributed by atoms with van der Waals surface area (Å²) in [7, 11) is 0. The molecule has 0 spiro atoms. The van der Waals surface area contributed by atoms with E-state index in [9.17, 15) is 9.59 Å². The number of rotatable bonds is 4. The minimum Gasteiger partial charge on any atom is -0.462 e. The van der Waals surface area contributed by atoms with Crippen LogP contribution in [0, 0.1) is 0 Å². The van der Waals surface area contributed by atoms with Crippen LogP contribution in [0.1, 0.15) is 49.2 Å². The van der Waals surface area contributed by atoms with Gasteiger partial charge in [-0.05, 0) is 75.1 Å². The zero-order chi connectivity index (χ0) is 23.6.